The number of anilines is 1. The van der Waals surface area contributed by atoms with Crippen molar-refractivity contribution in [2.45, 2.75) is 44.2 Å². The van der Waals surface area contributed by atoms with Crippen molar-refractivity contribution in [1.29, 1.82) is 0 Å². The van der Waals surface area contributed by atoms with Crippen LogP contribution in [0.3, 0.4) is 0 Å². The fraction of sp³-hybridized carbons (Fsp3) is 0.529. The van der Waals surface area contributed by atoms with Crippen LogP contribution in [0.25, 0.3) is 0 Å². The topological polar surface area (TPSA) is 41.5 Å². The second-order valence-corrected chi connectivity index (χ2v) is 6.10. The molecule has 3 nitrogen and oxygen atoms in total. The molecule has 6 heteroatoms. The fourth-order valence-electron chi connectivity index (χ4n) is 3.50. The number of nitrogens with one attached hydrogen (secondary N) is 1. The van der Waals surface area contributed by atoms with Gasteiger partial charge >= 0.3 is 6.18 Å². The highest BCUT2D eigenvalue weighted by Crippen LogP contribution is 2.47. The van der Waals surface area contributed by atoms with E-state index in [1.54, 1.807) is 0 Å². The molecule has 1 saturated heterocycles. The maximum Gasteiger partial charge on any atom is 0.416 e. The number of allylic oxidation sites excluding steroid dienone is 1. The van der Waals surface area contributed by atoms with E-state index in [4.69, 9.17) is 4.74 Å². The van der Waals surface area contributed by atoms with Crippen LogP contribution in [0.5, 0.6) is 0 Å². The van der Waals surface area contributed by atoms with Crippen LogP contribution in [0, 0.1) is 5.92 Å². The van der Waals surface area contributed by atoms with Gasteiger partial charge in [0.15, 0.2) is 0 Å². The van der Waals surface area contributed by atoms with Gasteiger partial charge in [-0.15, -0.1) is 0 Å². The molecule has 0 saturated carbocycles. The molecular weight excluding hydrogens is 307 g/mol. The molecule has 1 fully saturated rings. The smallest absolute Gasteiger partial charge is 0.394 e. The van der Waals surface area contributed by atoms with Gasteiger partial charge in [-0.25, -0.2) is 0 Å². The van der Waals surface area contributed by atoms with E-state index in [9.17, 15) is 18.3 Å². The Labute approximate surface area is 133 Å². The summed E-state index contributed by atoms with van der Waals surface area (Å²) in [5, 5.41) is 12.7. The summed E-state index contributed by atoms with van der Waals surface area (Å²) in [7, 11) is 0. The minimum Gasteiger partial charge on any atom is -0.394 e. The molecule has 0 aliphatic carbocycles. The van der Waals surface area contributed by atoms with E-state index in [1.165, 1.54) is 12.1 Å². The molecule has 2 aliphatic heterocycles. The Morgan fingerprint density at radius 3 is 2.78 bits per heavy atom. The van der Waals surface area contributed by atoms with E-state index in [0.717, 1.165) is 12.5 Å². The third kappa shape index (κ3) is 3.10. The average molecular weight is 327 g/mol. The van der Waals surface area contributed by atoms with E-state index in [0.29, 0.717) is 17.7 Å². The lowest BCUT2D eigenvalue weighted by Crippen LogP contribution is -2.43. The van der Waals surface area contributed by atoms with E-state index in [2.05, 4.69) is 5.32 Å². The van der Waals surface area contributed by atoms with Crippen molar-refractivity contribution in [2.75, 3.05) is 11.9 Å². The summed E-state index contributed by atoms with van der Waals surface area (Å²) in [6.07, 6.45) is 0.331. The Hall–Kier alpha value is -1.53. The van der Waals surface area contributed by atoms with Crippen molar-refractivity contribution in [3.63, 3.8) is 0 Å². The molecule has 3 rings (SSSR count). The first-order valence-corrected chi connectivity index (χ1v) is 7.81. The summed E-state index contributed by atoms with van der Waals surface area (Å²) in [6.45, 7) is 1.80. The van der Waals surface area contributed by atoms with Gasteiger partial charge < -0.3 is 15.2 Å². The molecule has 1 aromatic rings. The Morgan fingerprint density at radius 2 is 2.13 bits per heavy atom. The zero-order chi connectivity index (χ0) is 16.6. The van der Waals surface area contributed by atoms with Gasteiger partial charge in [0.1, 0.15) is 0 Å². The van der Waals surface area contributed by atoms with Crippen molar-refractivity contribution in [3.05, 3.63) is 41.5 Å². The number of hydrogen-bond donors (Lipinski definition) is 2. The van der Waals surface area contributed by atoms with Crippen molar-refractivity contribution in [2.24, 2.45) is 5.92 Å². The summed E-state index contributed by atoms with van der Waals surface area (Å²) < 4.78 is 44.9. The molecule has 126 valence electrons. The highest BCUT2D eigenvalue weighted by molar-refractivity contribution is 5.58. The van der Waals surface area contributed by atoms with Crippen LogP contribution in [-0.4, -0.2) is 23.9 Å². The summed E-state index contributed by atoms with van der Waals surface area (Å²) in [6, 6.07) is 3.75. The maximum absolute atomic E-state index is 13.0. The van der Waals surface area contributed by atoms with Crippen LogP contribution in [0.1, 0.15) is 37.0 Å². The summed E-state index contributed by atoms with van der Waals surface area (Å²) >= 11 is 0. The number of alkyl halides is 3. The van der Waals surface area contributed by atoms with Crippen LogP contribution < -0.4 is 5.32 Å². The predicted octanol–water partition coefficient (Wildman–Crippen LogP) is 3.90. The van der Waals surface area contributed by atoms with Gasteiger partial charge in [0.05, 0.1) is 30.4 Å². The van der Waals surface area contributed by atoms with Gasteiger partial charge in [-0.2, -0.15) is 13.2 Å². The molecule has 0 spiro atoms. The lowest BCUT2D eigenvalue weighted by atomic mass is 9.78. The largest absolute Gasteiger partial charge is 0.416 e. The van der Waals surface area contributed by atoms with E-state index < -0.39 is 17.8 Å². The second-order valence-electron chi connectivity index (χ2n) is 6.10. The zero-order valence-electron chi connectivity index (χ0n) is 12.8. The third-order valence-corrected chi connectivity index (χ3v) is 4.62. The van der Waals surface area contributed by atoms with Crippen LogP contribution in [0.2, 0.25) is 0 Å². The Bertz CT molecular complexity index is 600. The summed E-state index contributed by atoms with van der Waals surface area (Å²) in [4.78, 5) is 0. The minimum atomic E-state index is -4.38. The zero-order valence-corrected chi connectivity index (χ0v) is 12.8. The molecule has 2 aliphatic rings. The van der Waals surface area contributed by atoms with E-state index >= 15 is 0 Å². The molecule has 1 aromatic carbocycles. The highest BCUT2D eigenvalue weighted by Gasteiger charge is 2.42. The van der Waals surface area contributed by atoms with Crippen LogP contribution >= 0.6 is 0 Å². The molecule has 4 atom stereocenters. The van der Waals surface area contributed by atoms with Gasteiger partial charge in [0, 0.05) is 17.2 Å². The van der Waals surface area contributed by atoms with Crippen molar-refractivity contribution in [1.82, 2.24) is 0 Å². The van der Waals surface area contributed by atoms with Crippen LogP contribution in [0.15, 0.2) is 30.4 Å². The third-order valence-electron chi connectivity index (χ3n) is 4.62. The SMILES string of the molecule is C/C=C/[C@@H]1Nc2ccc(C(F)(F)F)cc2[C@H]2O[C@@H](CO)CC[C@@H]12. The van der Waals surface area contributed by atoms with Gasteiger partial charge in [-0.1, -0.05) is 12.2 Å². The second kappa shape index (κ2) is 6.17. The fourth-order valence-corrected chi connectivity index (χ4v) is 3.50. The molecule has 0 amide bonds. The number of halogens is 3. The molecular formula is C17H20F3NO2. The van der Waals surface area contributed by atoms with Crippen LogP contribution in [-0.2, 0) is 10.9 Å². The molecule has 2 heterocycles. The monoisotopic (exact) mass is 327 g/mol. The van der Waals surface area contributed by atoms with E-state index in [-0.39, 0.29) is 24.7 Å². The Balaban J connectivity index is 2.02. The standard InChI is InChI=1S/C17H20F3NO2/c1-2-3-14-12-6-5-11(9-22)23-16(12)13-8-10(17(18,19)20)4-7-15(13)21-14/h2-4,7-8,11-12,14,16,21-22H,5-6,9H2,1H3/b3-2+/t11-,12+,14+,16+/m1/s1. The first-order valence-electron chi connectivity index (χ1n) is 7.81. The first kappa shape index (κ1) is 16.3. The number of ether oxygens (including phenoxy) is 1. The predicted molar refractivity (Wildman–Crippen MR) is 81.1 cm³/mol. The number of fused-ring (bicyclic) bond motifs is 3. The molecule has 23 heavy (non-hydrogen) atoms. The Morgan fingerprint density at radius 1 is 1.35 bits per heavy atom. The normalized spacial score (nSPS) is 30.7. The van der Waals surface area contributed by atoms with Crippen molar-refractivity contribution in [3.8, 4) is 0 Å². The number of aliphatic hydroxyl groups is 1. The lowest BCUT2D eigenvalue weighted by Gasteiger charge is -2.44. The Kier molecular flexibility index (Phi) is 4.38. The maximum atomic E-state index is 13.0. The summed E-state index contributed by atoms with van der Waals surface area (Å²) in [5.74, 6) is 0.0602. The number of benzene rings is 1. The van der Waals surface area contributed by atoms with Gasteiger partial charge in [0.2, 0.25) is 0 Å². The molecule has 2 N–H and O–H groups in total. The number of hydrogen-bond acceptors (Lipinski definition) is 3. The van der Waals surface area contributed by atoms with Crippen molar-refractivity contribution < 1.29 is 23.0 Å². The molecule has 0 aromatic heterocycles. The van der Waals surface area contributed by atoms with Crippen LogP contribution in [0.4, 0.5) is 18.9 Å². The van der Waals surface area contributed by atoms with Gasteiger partial charge in [0.25, 0.3) is 0 Å². The summed E-state index contributed by atoms with van der Waals surface area (Å²) in [5.41, 5.74) is 0.528. The lowest BCUT2D eigenvalue weighted by molar-refractivity contribution is -0.138. The first-order chi connectivity index (χ1) is 10.9. The van der Waals surface area contributed by atoms with Crippen molar-refractivity contribution >= 4 is 5.69 Å². The average Bonchev–Trinajstić information content (AvgIpc) is 2.53. The molecule has 0 bridgehead atoms. The number of rotatable bonds is 2. The molecule has 0 unspecified atom stereocenters. The van der Waals surface area contributed by atoms with Gasteiger partial charge in [-0.3, -0.25) is 0 Å². The number of aliphatic hydroxyl groups excluding tert-OH is 1. The highest BCUT2D eigenvalue weighted by atomic mass is 19.4. The minimum absolute atomic E-state index is 0.0221. The van der Waals surface area contributed by atoms with E-state index in [1.807, 2.05) is 19.1 Å². The molecule has 0 radical (unpaired) electrons. The quantitative estimate of drug-likeness (QED) is 0.810. The van der Waals surface area contributed by atoms with Gasteiger partial charge in [-0.05, 0) is 38.0 Å².